The number of aromatic nitrogens is 1. The van der Waals surface area contributed by atoms with Crippen LogP contribution in [0.2, 0.25) is 5.02 Å². The Morgan fingerprint density at radius 2 is 1.79 bits per heavy atom. The normalized spacial score (nSPS) is 10.6. The Kier molecular flexibility index (Phi) is 3.10. The molecule has 3 heteroatoms. The van der Waals surface area contributed by atoms with E-state index in [2.05, 4.69) is 4.98 Å². The molecule has 0 aliphatic rings. The van der Waals surface area contributed by atoms with Gasteiger partial charge in [0, 0.05) is 16.6 Å². The van der Waals surface area contributed by atoms with Crippen molar-refractivity contribution >= 4 is 22.5 Å². The first kappa shape index (κ1) is 12.0. The van der Waals surface area contributed by atoms with Gasteiger partial charge in [0.25, 0.3) is 0 Å². The summed E-state index contributed by atoms with van der Waals surface area (Å²) in [6.45, 7) is 2.05. The zero-order chi connectivity index (χ0) is 13.2. The Morgan fingerprint density at radius 3 is 2.58 bits per heavy atom. The number of pyridine rings is 1. The first-order valence-corrected chi connectivity index (χ1v) is 6.39. The Hall–Kier alpha value is -2.06. The summed E-state index contributed by atoms with van der Waals surface area (Å²) < 4.78 is 5.90. The van der Waals surface area contributed by atoms with Crippen LogP contribution in [0.4, 0.5) is 0 Å². The van der Waals surface area contributed by atoms with Crippen molar-refractivity contribution in [2.45, 2.75) is 6.92 Å². The number of nitrogens with zero attached hydrogens (tertiary/aromatic N) is 1. The summed E-state index contributed by atoms with van der Waals surface area (Å²) in [5.74, 6) is 1.60. The third-order valence-corrected chi connectivity index (χ3v) is 3.15. The molecule has 0 saturated heterocycles. The number of hydrogen-bond donors (Lipinski definition) is 0. The van der Waals surface area contributed by atoms with Crippen LogP contribution in [0.1, 0.15) is 5.56 Å². The fourth-order valence-corrected chi connectivity index (χ4v) is 2.08. The highest BCUT2D eigenvalue weighted by Crippen LogP contribution is 2.30. The highest BCUT2D eigenvalue weighted by Gasteiger charge is 2.04. The van der Waals surface area contributed by atoms with E-state index in [9.17, 15) is 0 Å². The van der Waals surface area contributed by atoms with Gasteiger partial charge in [0.05, 0.1) is 5.52 Å². The highest BCUT2D eigenvalue weighted by molar-refractivity contribution is 6.31. The lowest BCUT2D eigenvalue weighted by atomic mass is 10.2. The number of halogens is 1. The number of aryl methyl sites for hydroxylation is 1. The molecule has 0 N–H and O–H groups in total. The van der Waals surface area contributed by atoms with Gasteiger partial charge in [-0.2, -0.15) is 0 Å². The lowest BCUT2D eigenvalue weighted by Crippen LogP contribution is -1.87. The van der Waals surface area contributed by atoms with Crippen molar-refractivity contribution in [1.82, 2.24) is 4.98 Å². The molecule has 2 nitrogen and oxygen atoms in total. The monoisotopic (exact) mass is 269 g/mol. The summed E-state index contributed by atoms with van der Waals surface area (Å²) in [6, 6.07) is 15.4. The summed E-state index contributed by atoms with van der Waals surface area (Å²) in [7, 11) is 0. The van der Waals surface area contributed by atoms with Crippen LogP contribution in [-0.4, -0.2) is 4.98 Å². The molecule has 0 unspecified atom stereocenters. The molecule has 1 heterocycles. The lowest BCUT2D eigenvalue weighted by molar-refractivity contribution is 0.488. The van der Waals surface area contributed by atoms with Gasteiger partial charge >= 0.3 is 0 Å². The molecule has 0 spiro atoms. The van der Waals surface area contributed by atoms with E-state index in [4.69, 9.17) is 16.3 Å². The SMILES string of the molecule is Cc1ccc(Oc2ccnc3cc(Cl)ccc23)cc1. The number of benzene rings is 2. The fraction of sp³-hybridized carbons (Fsp3) is 0.0625. The lowest BCUT2D eigenvalue weighted by Gasteiger charge is -2.08. The second-order valence-corrected chi connectivity index (χ2v) is 4.82. The second-order valence-electron chi connectivity index (χ2n) is 4.39. The van der Waals surface area contributed by atoms with Crippen LogP contribution in [-0.2, 0) is 0 Å². The summed E-state index contributed by atoms with van der Waals surface area (Å²) in [4.78, 5) is 4.29. The molecule has 2 aromatic carbocycles. The standard InChI is InChI=1S/C16H12ClNO/c1-11-2-5-13(6-3-11)19-16-8-9-18-15-10-12(17)4-7-14(15)16/h2-10H,1H3. The molecule has 0 bridgehead atoms. The van der Waals surface area contributed by atoms with Crippen LogP contribution in [0.25, 0.3) is 10.9 Å². The molecule has 0 atom stereocenters. The molecule has 0 saturated carbocycles. The van der Waals surface area contributed by atoms with E-state index in [0.29, 0.717) is 5.02 Å². The predicted molar refractivity (Wildman–Crippen MR) is 78.0 cm³/mol. The minimum Gasteiger partial charge on any atom is -0.457 e. The number of hydrogen-bond acceptors (Lipinski definition) is 2. The second kappa shape index (κ2) is 4.90. The van der Waals surface area contributed by atoms with Crippen molar-refractivity contribution < 1.29 is 4.74 Å². The molecule has 1 aromatic heterocycles. The van der Waals surface area contributed by atoms with Crippen LogP contribution in [0, 0.1) is 6.92 Å². The van der Waals surface area contributed by atoms with Crippen LogP contribution in [0.3, 0.4) is 0 Å². The molecule has 3 aromatic rings. The highest BCUT2D eigenvalue weighted by atomic mass is 35.5. The van der Waals surface area contributed by atoms with Gasteiger partial charge in [0.2, 0.25) is 0 Å². The third-order valence-electron chi connectivity index (χ3n) is 2.91. The number of fused-ring (bicyclic) bond motifs is 1. The van der Waals surface area contributed by atoms with Crippen molar-refractivity contribution in [3.05, 3.63) is 65.3 Å². The molecule has 94 valence electrons. The van der Waals surface area contributed by atoms with Gasteiger partial charge in [0.15, 0.2) is 0 Å². The van der Waals surface area contributed by atoms with Crippen LogP contribution >= 0.6 is 11.6 Å². The zero-order valence-corrected chi connectivity index (χ0v) is 11.2. The fourth-order valence-electron chi connectivity index (χ4n) is 1.92. The van der Waals surface area contributed by atoms with E-state index in [1.165, 1.54) is 5.56 Å². The maximum absolute atomic E-state index is 5.97. The van der Waals surface area contributed by atoms with E-state index in [-0.39, 0.29) is 0 Å². The van der Waals surface area contributed by atoms with E-state index >= 15 is 0 Å². The molecule has 3 rings (SSSR count). The number of rotatable bonds is 2. The predicted octanol–water partition coefficient (Wildman–Crippen LogP) is 4.99. The van der Waals surface area contributed by atoms with E-state index in [1.807, 2.05) is 55.5 Å². The molecule has 0 fully saturated rings. The Labute approximate surface area is 116 Å². The van der Waals surface area contributed by atoms with Crippen LogP contribution in [0.15, 0.2) is 54.7 Å². The van der Waals surface area contributed by atoms with Crippen molar-refractivity contribution in [3.63, 3.8) is 0 Å². The van der Waals surface area contributed by atoms with Gasteiger partial charge in [-0.3, -0.25) is 4.98 Å². The first-order chi connectivity index (χ1) is 9.22. The Morgan fingerprint density at radius 1 is 1.00 bits per heavy atom. The van der Waals surface area contributed by atoms with Gasteiger partial charge in [-0.05, 0) is 43.3 Å². The summed E-state index contributed by atoms with van der Waals surface area (Å²) in [5.41, 5.74) is 2.04. The summed E-state index contributed by atoms with van der Waals surface area (Å²) in [5, 5.41) is 1.62. The average Bonchev–Trinajstić information content (AvgIpc) is 2.41. The van der Waals surface area contributed by atoms with Crippen molar-refractivity contribution in [1.29, 1.82) is 0 Å². The molecule has 0 aliphatic carbocycles. The Balaban J connectivity index is 2.03. The summed E-state index contributed by atoms with van der Waals surface area (Å²) in [6.07, 6.45) is 1.72. The average molecular weight is 270 g/mol. The molecule has 0 amide bonds. The maximum atomic E-state index is 5.97. The van der Waals surface area contributed by atoms with Gasteiger partial charge < -0.3 is 4.74 Å². The van der Waals surface area contributed by atoms with E-state index < -0.39 is 0 Å². The van der Waals surface area contributed by atoms with Gasteiger partial charge in [-0.25, -0.2) is 0 Å². The molecule has 0 aliphatic heterocycles. The largest absolute Gasteiger partial charge is 0.457 e. The van der Waals surface area contributed by atoms with E-state index in [1.54, 1.807) is 6.20 Å². The molecule has 19 heavy (non-hydrogen) atoms. The van der Waals surface area contributed by atoms with Crippen LogP contribution in [0.5, 0.6) is 11.5 Å². The summed E-state index contributed by atoms with van der Waals surface area (Å²) >= 11 is 5.97. The van der Waals surface area contributed by atoms with Crippen molar-refractivity contribution in [3.8, 4) is 11.5 Å². The van der Waals surface area contributed by atoms with Gasteiger partial charge in [0.1, 0.15) is 11.5 Å². The Bertz CT molecular complexity index is 722. The smallest absolute Gasteiger partial charge is 0.138 e. The quantitative estimate of drug-likeness (QED) is 0.654. The third kappa shape index (κ3) is 2.54. The zero-order valence-electron chi connectivity index (χ0n) is 10.4. The minimum atomic E-state index is 0.674. The molecule has 0 radical (unpaired) electrons. The number of ether oxygens (including phenoxy) is 1. The molecular weight excluding hydrogens is 258 g/mol. The van der Waals surface area contributed by atoms with Gasteiger partial charge in [-0.1, -0.05) is 29.3 Å². The topological polar surface area (TPSA) is 22.1 Å². The van der Waals surface area contributed by atoms with Gasteiger partial charge in [-0.15, -0.1) is 0 Å². The van der Waals surface area contributed by atoms with E-state index in [0.717, 1.165) is 22.4 Å². The van der Waals surface area contributed by atoms with Crippen molar-refractivity contribution in [2.24, 2.45) is 0 Å². The maximum Gasteiger partial charge on any atom is 0.138 e. The molecular formula is C16H12ClNO. The first-order valence-electron chi connectivity index (χ1n) is 6.01. The van der Waals surface area contributed by atoms with Crippen molar-refractivity contribution in [2.75, 3.05) is 0 Å². The minimum absolute atomic E-state index is 0.674. The van der Waals surface area contributed by atoms with Crippen LogP contribution < -0.4 is 4.74 Å².